The van der Waals surface area contributed by atoms with Crippen LogP contribution in [-0.4, -0.2) is 42.4 Å². The molecule has 24 heavy (non-hydrogen) atoms. The Morgan fingerprint density at radius 2 is 1.92 bits per heavy atom. The van der Waals surface area contributed by atoms with Crippen molar-refractivity contribution in [3.8, 4) is 0 Å². The van der Waals surface area contributed by atoms with Crippen molar-refractivity contribution in [3.05, 3.63) is 35.4 Å². The zero-order valence-corrected chi connectivity index (χ0v) is 15.3. The van der Waals surface area contributed by atoms with Crippen molar-refractivity contribution in [1.29, 1.82) is 0 Å². The summed E-state index contributed by atoms with van der Waals surface area (Å²) in [5.74, 6) is 0.0242. The van der Waals surface area contributed by atoms with Crippen molar-refractivity contribution in [2.45, 2.75) is 45.7 Å². The number of rotatable bonds is 8. The topological polar surface area (TPSA) is 61.4 Å². The Balaban J connectivity index is 0.00000288. The summed E-state index contributed by atoms with van der Waals surface area (Å²) < 4.78 is 0. The van der Waals surface area contributed by atoms with Crippen LogP contribution >= 0.6 is 12.4 Å². The lowest BCUT2D eigenvalue weighted by Gasteiger charge is -2.24. The van der Waals surface area contributed by atoms with E-state index in [2.05, 4.69) is 17.6 Å². The van der Waals surface area contributed by atoms with Gasteiger partial charge in [0.05, 0.1) is 0 Å². The normalized spacial score (nSPS) is 16.8. The van der Waals surface area contributed by atoms with E-state index in [9.17, 15) is 9.59 Å². The van der Waals surface area contributed by atoms with Gasteiger partial charge in [0.1, 0.15) is 6.04 Å². The van der Waals surface area contributed by atoms with Crippen molar-refractivity contribution >= 4 is 24.2 Å². The quantitative estimate of drug-likeness (QED) is 0.703. The maximum Gasteiger partial charge on any atom is 0.242 e. The van der Waals surface area contributed by atoms with Crippen molar-refractivity contribution in [3.63, 3.8) is 0 Å². The second kappa shape index (κ2) is 10.3. The minimum absolute atomic E-state index is 0. The third-order valence-electron chi connectivity index (χ3n) is 4.13. The molecule has 1 aliphatic rings. The van der Waals surface area contributed by atoms with E-state index in [0.717, 1.165) is 25.1 Å². The highest BCUT2D eigenvalue weighted by Crippen LogP contribution is 2.21. The number of benzene rings is 1. The van der Waals surface area contributed by atoms with Gasteiger partial charge in [0.2, 0.25) is 11.8 Å². The zero-order chi connectivity index (χ0) is 16.7. The van der Waals surface area contributed by atoms with Crippen LogP contribution in [0.4, 0.5) is 0 Å². The van der Waals surface area contributed by atoms with E-state index >= 15 is 0 Å². The van der Waals surface area contributed by atoms with Crippen LogP contribution in [0.25, 0.3) is 0 Å². The van der Waals surface area contributed by atoms with Crippen molar-refractivity contribution in [2.24, 2.45) is 0 Å². The average molecular weight is 354 g/mol. The van der Waals surface area contributed by atoms with Gasteiger partial charge in [-0.2, -0.15) is 0 Å². The summed E-state index contributed by atoms with van der Waals surface area (Å²) in [6, 6.07) is 7.76. The van der Waals surface area contributed by atoms with E-state index in [1.165, 1.54) is 5.56 Å². The molecule has 0 bridgehead atoms. The van der Waals surface area contributed by atoms with Crippen LogP contribution in [-0.2, 0) is 16.1 Å². The number of halogens is 1. The first-order chi connectivity index (χ1) is 11.1. The van der Waals surface area contributed by atoms with Gasteiger partial charge >= 0.3 is 0 Å². The predicted octanol–water partition coefficient (Wildman–Crippen LogP) is 2.02. The Kier molecular flexibility index (Phi) is 8.79. The van der Waals surface area contributed by atoms with Gasteiger partial charge in [-0.3, -0.25) is 9.59 Å². The van der Waals surface area contributed by atoms with Crippen LogP contribution in [0, 0.1) is 6.92 Å². The second-order valence-electron chi connectivity index (χ2n) is 6.10. The number of likely N-dealkylation sites (tertiary alicyclic amines) is 1. The van der Waals surface area contributed by atoms with Gasteiger partial charge in [-0.15, -0.1) is 12.4 Å². The zero-order valence-electron chi connectivity index (χ0n) is 14.5. The number of aryl methyl sites for hydroxylation is 1. The molecule has 1 fully saturated rings. The van der Waals surface area contributed by atoms with Gasteiger partial charge in [-0.1, -0.05) is 36.8 Å². The molecule has 5 nitrogen and oxygen atoms in total. The van der Waals surface area contributed by atoms with E-state index in [0.29, 0.717) is 25.9 Å². The first-order valence-corrected chi connectivity index (χ1v) is 8.45. The van der Waals surface area contributed by atoms with E-state index in [4.69, 9.17) is 0 Å². The second-order valence-corrected chi connectivity index (χ2v) is 6.10. The number of carbonyl (C=O) groups excluding carboxylic acids is 2. The largest absolute Gasteiger partial charge is 0.353 e. The van der Waals surface area contributed by atoms with Crippen LogP contribution in [0.3, 0.4) is 0 Å². The molecule has 0 aliphatic carbocycles. The molecule has 0 aromatic heterocycles. The summed E-state index contributed by atoms with van der Waals surface area (Å²) in [7, 11) is 0. The Labute approximate surface area is 150 Å². The van der Waals surface area contributed by atoms with Gasteiger partial charge in [0.25, 0.3) is 0 Å². The standard InChI is InChI=1S/C18H27N3O2.ClH/c1-3-10-19-11-12-20-18(23)16-8-9-17(22)21(16)13-15-6-4-14(2)5-7-15;/h4-7,16,19H,3,8-13H2,1-2H3,(H,20,23);1H. The van der Waals surface area contributed by atoms with Crippen molar-refractivity contribution in [1.82, 2.24) is 15.5 Å². The molecule has 6 heteroatoms. The summed E-state index contributed by atoms with van der Waals surface area (Å²) in [6.45, 7) is 6.97. The molecular formula is C18H28ClN3O2. The first-order valence-electron chi connectivity index (χ1n) is 8.45. The third-order valence-corrected chi connectivity index (χ3v) is 4.13. The fourth-order valence-corrected chi connectivity index (χ4v) is 2.79. The summed E-state index contributed by atoms with van der Waals surface area (Å²) in [4.78, 5) is 26.2. The van der Waals surface area contributed by atoms with Gasteiger partial charge < -0.3 is 15.5 Å². The Morgan fingerprint density at radius 3 is 2.58 bits per heavy atom. The summed E-state index contributed by atoms with van der Waals surface area (Å²) in [5, 5.41) is 6.18. The molecule has 2 rings (SSSR count). The van der Waals surface area contributed by atoms with Gasteiger partial charge in [-0.25, -0.2) is 0 Å². The highest BCUT2D eigenvalue weighted by Gasteiger charge is 2.35. The monoisotopic (exact) mass is 353 g/mol. The summed E-state index contributed by atoms with van der Waals surface area (Å²) in [6.07, 6.45) is 2.15. The van der Waals surface area contributed by atoms with Gasteiger partial charge in [-0.05, 0) is 31.9 Å². The molecule has 2 amide bonds. The van der Waals surface area contributed by atoms with E-state index in [1.807, 2.05) is 31.2 Å². The fourth-order valence-electron chi connectivity index (χ4n) is 2.79. The fraction of sp³-hybridized carbons (Fsp3) is 0.556. The van der Waals surface area contributed by atoms with E-state index in [-0.39, 0.29) is 30.3 Å². The number of nitrogens with zero attached hydrogens (tertiary/aromatic N) is 1. The maximum atomic E-state index is 12.3. The number of hydrogen-bond donors (Lipinski definition) is 2. The Morgan fingerprint density at radius 1 is 1.21 bits per heavy atom. The Bertz CT molecular complexity index is 534. The molecule has 1 saturated heterocycles. The first kappa shape index (κ1) is 20.5. The highest BCUT2D eigenvalue weighted by atomic mass is 35.5. The molecule has 1 atom stereocenters. The molecule has 0 radical (unpaired) electrons. The smallest absolute Gasteiger partial charge is 0.242 e. The maximum absolute atomic E-state index is 12.3. The summed E-state index contributed by atoms with van der Waals surface area (Å²) in [5.41, 5.74) is 2.25. The van der Waals surface area contributed by atoms with Crippen molar-refractivity contribution in [2.75, 3.05) is 19.6 Å². The molecule has 1 heterocycles. The van der Waals surface area contributed by atoms with Crippen LogP contribution < -0.4 is 10.6 Å². The Hall–Kier alpha value is -1.59. The number of amides is 2. The van der Waals surface area contributed by atoms with E-state index < -0.39 is 0 Å². The molecule has 0 spiro atoms. The minimum atomic E-state index is -0.338. The van der Waals surface area contributed by atoms with Crippen LogP contribution in [0.1, 0.15) is 37.3 Å². The lowest BCUT2D eigenvalue weighted by Crippen LogP contribution is -2.45. The number of nitrogens with one attached hydrogen (secondary N) is 2. The molecule has 0 saturated carbocycles. The molecule has 134 valence electrons. The molecule has 1 aromatic carbocycles. The summed E-state index contributed by atoms with van der Waals surface area (Å²) >= 11 is 0. The predicted molar refractivity (Wildman–Crippen MR) is 98.2 cm³/mol. The van der Waals surface area contributed by atoms with Crippen LogP contribution in [0.2, 0.25) is 0 Å². The van der Waals surface area contributed by atoms with Gasteiger partial charge in [0.15, 0.2) is 0 Å². The van der Waals surface area contributed by atoms with E-state index in [1.54, 1.807) is 4.90 Å². The lowest BCUT2D eigenvalue weighted by atomic mass is 10.1. The SMILES string of the molecule is CCCNCCNC(=O)C1CCC(=O)N1Cc1ccc(C)cc1.Cl. The molecule has 2 N–H and O–H groups in total. The highest BCUT2D eigenvalue weighted by molar-refractivity contribution is 5.90. The number of carbonyl (C=O) groups is 2. The minimum Gasteiger partial charge on any atom is -0.353 e. The van der Waals surface area contributed by atoms with Gasteiger partial charge in [0, 0.05) is 26.1 Å². The number of hydrogen-bond acceptors (Lipinski definition) is 3. The lowest BCUT2D eigenvalue weighted by molar-refractivity contribution is -0.135. The van der Waals surface area contributed by atoms with Crippen LogP contribution in [0.15, 0.2) is 24.3 Å². The molecular weight excluding hydrogens is 326 g/mol. The van der Waals surface area contributed by atoms with Crippen molar-refractivity contribution < 1.29 is 9.59 Å². The molecule has 1 aliphatic heterocycles. The average Bonchev–Trinajstić information content (AvgIpc) is 2.90. The molecule has 1 unspecified atom stereocenters. The van der Waals surface area contributed by atoms with Crippen LogP contribution in [0.5, 0.6) is 0 Å². The molecule has 1 aromatic rings. The third kappa shape index (κ3) is 5.80.